The van der Waals surface area contributed by atoms with E-state index in [4.69, 9.17) is 4.74 Å². The predicted octanol–water partition coefficient (Wildman–Crippen LogP) is 3.22. The predicted molar refractivity (Wildman–Crippen MR) is 119 cm³/mol. The fourth-order valence-electron chi connectivity index (χ4n) is 3.68. The van der Waals surface area contributed by atoms with Gasteiger partial charge in [-0.25, -0.2) is 9.78 Å². The molecule has 2 N–H and O–H groups in total. The van der Waals surface area contributed by atoms with Crippen LogP contribution in [0.25, 0.3) is 11.0 Å². The number of aromatic nitrogens is 2. The Morgan fingerprint density at radius 3 is 2.75 bits per heavy atom. The zero-order chi connectivity index (χ0) is 22.7. The summed E-state index contributed by atoms with van der Waals surface area (Å²) in [6.07, 6.45) is 0.832. The second kappa shape index (κ2) is 9.19. The van der Waals surface area contributed by atoms with E-state index >= 15 is 0 Å². The van der Waals surface area contributed by atoms with Crippen LogP contribution in [0.1, 0.15) is 40.5 Å². The number of aliphatic hydroxyl groups is 1. The standard InChI is InChI=1S/C23H24N4O5/c1-15(29)16-5-2-6-17(13-16)21(30)25-22-24-19-14-18(26-10-4-12-32-23(26)31)7-8-20(19)27(22)9-3-11-28/h2,5-8,13-14,28H,3-4,9-12H2,1H3,(H,24,25,30). The molecule has 1 fully saturated rings. The first-order valence-corrected chi connectivity index (χ1v) is 10.5. The van der Waals surface area contributed by atoms with Crippen LogP contribution >= 0.6 is 0 Å². The average Bonchev–Trinajstić information content (AvgIpc) is 3.14. The summed E-state index contributed by atoms with van der Waals surface area (Å²) < 4.78 is 6.94. The van der Waals surface area contributed by atoms with Crippen molar-refractivity contribution in [1.29, 1.82) is 0 Å². The molecular formula is C23H24N4O5. The third-order valence-electron chi connectivity index (χ3n) is 5.31. The molecule has 2 heterocycles. The van der Waals surface area contributed by atoms with E-state index in [0.717, 1.165) is 11.9 Å². The van der Waals surface area contributed by atoms with Gasteiger partial charge in [0, 0.05) is 36.5 Å². The minimum absolute atomic E-state index is 0.00851. The van der Waals surface area contributed by atoms with Crippen LogP contribution in [0.2, 0.25) is 0 Å². The highest BCUT2D eigenvalue weighted by Gasteiger charge is 2.23. The Morgan fingerprint density at radius 2 is 2.00 bits per heavy atom. The molecule has 0 unspecified atom stereocenters. The lowest BCUT2D eigenvalue weighted by Crippen LogP contribution is -2.37. The van der Waals surface area contributed by atoms with E-state index in [0.29, 0.717) is 54.4 Å². The Morgan fingerprint density at radius 1 is 1.19 bits per heavy atom. The van der Waals surface area contributed by atoms with Gasteiger partial charge in [0.2, 0.25) is 5.95 Å². The summed E-state index contributed by atoms with van der Waals surface area (Å²) in [7, 11) is 0. The van der Waals surface area contributed by atoms with Crippen LogP contribution in [-0.2, 0) is 11.3 Å². The summed E-state index contributed by atoms with van der Waals surface area (Å²) in [5, 5.41) is 12.1. The molecule has 9 heteroatoms. The third-order valence-corrected chi connectivity index (χ3v) is 5.31. The van der Waals surface area contributed by atoms with Crippen LogP contribution in [0.4, 0.5) is 16.4 Å². The van der Waals surface area contributed by atoms with Gasteiger partial charge in [-0.2, -0.15) is 0 Å². The van der Waals surface area contributed by atoms with Gasteiger partial charge in [0.25, 0.3) is 5.91 Å². The second-order valence-electron chi connectivity index (χ2n) is 7.55. The van der Waals surface area contributed by atoms with Crippen molar-refractivity contribution in [1.82, 2.24) is 9.55 Å². The Kier molecular flexibility index (Phi) is 6.18. The molecule has 2 aromatic carbocycles. The number of Topliss-reactive ketones (excluding diaryl/α,β-unsaturated/α-hetero) is 1. The number of hydrogen-bond donors (Lipinski definition) is 2. The number of rotatable bonds is 7. The first-order chi connectivity index (χ1) is 15.5. The SMILES string of the molecule is CC(=O)c1cccc(C(=O)Nc2nc3cc(N4CCCOC4=O)ccc3n2CCCO)c1. The number of carbonyl (C=O) groups is 3. The number of imidazole rings is 1. The van der Waals surface area contributed by atoms with Gasteiger partial charge in [-0.05, 0) is 50.1 Å². The van der Waals surface area contributed by atoms with Gasteiger partial charge in [-0.3, -0.25) is 19.8 Å². The summed E-state index contributed by atoms with van der Waals surface area (Å²) in [6.45, 7) is 2.85. The fraction of sp³-hybridized carbons (Fsp3) is 0.304. The number of aliphatic hydroxyl groups excluding tert-OH is 1. The van der Waals surface area contributed by atoms with Crippen LogP contribution in [-0.4, -0.2) is 52.2 Å². The van der Waals surface area contributed by atoms with Crippen molar-refractivity contribution in [3.05, 3.63) is 53.6 Å². The monoisotopic (exact) mass is 436 g/mol. The van der Waals surface area contributed by atoms with Crippen molar-refractivity contribution in [2.24, 2.45) is 0 Å². The van der Waals surface area contributed by atoms with Gasteiger partial charge in [-0.1, -0.05) is 12.1 Å². The van der Waals surface area contributed by atoms with Gasteiger partial charge in [0.15, 0.2) is 5.78 Å². The van der Waals surface area contributed by atoms with Crippen LogP contribution in [0.3, 0.4) is 0 Å². The van der Waals surface area contributed by atoms with E-state index in [1.54, 1.807) is 35.2 Å². The molecule has 9 nitrogen and oxygen atoms in total. The molecule has 166 valence electrons. The molecule has 3 aromatic rings. The molecule has 0 atom stereocenters. The normalized spacial score (nSPS) is 13.8. The lowest BCUT2D eigenvalue weighted by molar-refractivity contribution is 0.101. The van der Waals surface area contributed by atoms with Gasteiger partial charge in [-0.15, -0.1) is 0 Å². The molecule has 1 aromatic heterocycles. The van der Waals surface area contributed by atoms with E-state index in [2.05, 4.69) is 10.3 Å². The fourth-order valence-corrected chi connectivity index (χ4v) is 3.68. The molecule has 1 aliphatic heterocycles. The van der Waals surface area contributed by atoms with Crippen LogP contribution in [0.5, 0.6) is 0 Å². The van der Waals surface area contributed by atoms with Crippen LogP contribution in [0, 0.1) is 0 Å². The van der Waals surface area contributed by atoms with Crippen molar-refractivity contribution >= 4 is 40.5 Å². The molecule has 1 saturated heterocycles. The van der Waals surface area contributed by atoms with Gasteiger partial charge in [0.05, 0.1) is 17.6 Å². The minimum atomic E-state index is -0.395. The first-order valence-electron chi connectivity index (χ1n) is 10.5. The number of benzene rings is 2. The number of aryl methyl sites for hydroxylation is 1. The zero-order valence-corrected chi connectivity index (χ0v) is 17.7. The maximum Gasteiger partial charge on any atom is 0.414 e. The number of ether oxygens (including phenoxy) is 1. The van der Waals surface area contributed by atoms with Crippen molar-refractivity contribution in [2.45, 2.75) is 26.3 Å². The highest BCUT2D eigenvalue weighted by molar-refractivity contribution is 6.06. The maximum absolute atomic E-state index is 12.9. The number of fused-ring (bicyclic) bond motifs is 1. The molecule has 4 rings (SSSR count). The van der Waals surface area contributed by atoms with Gasteiger partial charge < -0.3 is 14.4 Å². The smallest absolute Gasteiger partial charge is 0.414 e. The number of anilines is 2. The molecule has 0 radical (unpaired) electrons. The summed E-state index contributed by atoms with van der Waals surface area (Å²) in [5.41, 5.74) is 2.83. The summed E-state index contributed by atoms with van der Waals surface area (Å²) in [5.74, 6) is -0.197. The van der Waals surface area contributed by atoms with E-state index < -0.39 is 12.0 Å². The number of nitrogens with zero attached hydrogens (tertiary/aromatic N) is 3. The highest BCUT2D eigenvalue weighted by Crippen LogP contribution is 2.27. The summed E-state index contributed by atoms with van der Waals surface area (Å²) in [4.78, 5) is 42.7. The largest absolute Gasteiger partial charge is 0.449 e. The Balaban J connectivity index is 1.67. The number of cyclic esters (lactones) is 1. The van der Waals surface area contributed by atoms with E-state index in [-0.39, 0.29) is 12.4 Å². The van der Waals surface area contributed by atoms with Crippen molar-refractivity contribution in [3.8, 4) is 0 Å². The molecular weight excluding hydrogens is 412 g/mol. The lowest BCUT2D eigenvalue weighted by atomic mass is 10.1. The van der Waals surface area contributed by atoms with Crippen molar-refractivity contribution in [2.75, 3.05) is 30.0 Å². The molecule has 2 amide bonds. The molecule has 0 spiro atoms. The molecule has 1 aliphatic rings. The summed E-state index contributed by atoms with van der Waals surface area (Å²) >= 11 is 0. The van der Waals surface area contributed by atoms with Crippen molar-refractivity contribution < 1.29 is 24.2 Å². The molecule has 0 saturated carbocycles. The van der Waals surface area contributed by atoms with E-state index in [9.17, 15) is 19.5 Å². The molecule has 0 bridgehead atoms. The van der Waals surface area contributed by atoms with Crippen LogP contribution < -0.4 is 10.2 Å². The minimum Gasteiger partial charge on any atom is -0.449 e. The lowest BCUT2D eigenvalue weighted by Gasteiger charge is -2.26. The topological polar surface area (TPSA) is 114 Å². The molecule has 32 heavy (non-hydrogen) atoms. The number of carbonyl (C=O) groups excluding carboxylic acids is 3. The number of amides is 2. The zero-order valence-electron chi connectivity index (χ0n) is 17.7. The van der Waals surface area contributed by atoms with E-state index in [1.807, 2.05) is 16.7 Å². The summed E-state index contributed by atoms with van der Waals surface area (Å²) in [6, 6.07) is 11.9. The number of ketones is 1. The second-order valence-corrected chi connectivity index (χ2v) is 7.55. The van der Waals surface area contributed by atoms with E-state index in [1.165, 1.54) is 6.92 Å². The molecule has 0 aliphatic carbocycles. The average molecular weight is 436 g/mol. The highest BCUT2D eigenvalue weighted by atomic mass is 16.6. The quantitative estimate of drug-likeness (QED) is 0.550. The Hall–Kier alpha value is -3.72. The number of nitrogens with one attached hydrogen (secondary N) is 1. The van der Waals surface area contributed by atoms with Crippen LogP contribution in [0.15, 0.2) is 42.5 Å². The Labute approximate surface area is 184 Å². The van der Waals surface area contributed by atoms with Crippen molar-refractivity contribution in [3.63, 3.8) is 0 Å². The first kappa shape index (κ1) is 21.5. The van der Waals surface area contributed by atoms with Gasteiger partial charge in [0.1, 0.15) is 0 Å². The maximum atomic E-state index is 12.9. The number of hydrogen-bond acceptors (Lipinski definition) is 6. The third kappa shape index (κ3) is 4.33. The van der Waals surface area contributed by atoms with Gasteiger partial charge >= 0.3 is 6.09 Å². The Bertz CT molecular complexity index is 1190.